The average molecular weight is 358 g/mol. The smallest absolute Gasteiger partial charge is 0.228 e. The molecular formula is C19H19FN2O2S. The summed E-state index contributed by atoms with van der Waals surface area (Å²) in [4.78, 5) is 24.2. The number of halogens is 1. The molecule has 130 valence electrons. The Labute approximate surface area is 150 Å². The molecular weight excluding hydrogens is 339 g/mol. The number of para-hydroxylation sites is 1. The Balaban J connectivity index is 1.48. The molecule has 25 heavy (non-hydrogen) atoms. The van der Waals surface area contributed by atoms with Gasteiger partial charge in [-0.1, -0.05) is 36.4 Å². The minimum atomic E-state index is -0.457. The SMILES string of the molecule is O=C1CC(C(=O)NCCSCc2ccccc2F)c2ccccc2N1. The Hall–Kier alpha value is -2.34. The number of thioether (sulfide) groups is 1. The van der Waals surface area contributed by atoms with Crippen molar-refractivity contribution in [2.75, 3.05) is 17.6 Å². The van der Waals surface area contributed by atoms with Gasteiger partial charge in [0.25, 0.3) is 0 Å². The zero-order valence-electron chi connectivity index (χ0n) is 13.6. The fourth-order valence-corrected chi connectivity index (χ4v) is 3.66. The van der Waals surface area contributed by atoms with Crippen LogP contribution in [0, 0.1) is 5.82 Å². The number of nitrogens with one attached hydrogen (secondary N) is 2. The van der Waals surface area contributed by atoms with Gasteiger partial charge in [0.1, 0.15) is 5.82 Å². The van der Waals surface area contributed by atoms with Crippen LogP contribution in [0.1, 0.15) is 23.5 Å². The second-order valence-electron chi connectivity index (χ2n) is 5.83. The molecule has 1 aliphatic heterocycles. The first-order chi connectivity index (χ1) is 12.1. The predicted molar refractivity (Wildman–Crippen MR) is 98.0 cm³/mol. The fourth-order valence-electron chi connectivity index (χ4n) is 2.81. The highest BCUT2D eigenvalue weighted by Gasteiger charge is 2.29. The van der Waals surface area contributed by atoms with E-state index in [1.54, 1.807) is 30.0 Å². The molecule has 0 aromatic heterocycles. The molecule has 3 rings (SSSR count). The summed E-state index contributed by atoms with van der Waals surface area (Å²) in [5, 5.41) is 5.67. The van der Waals surface area contributed by atoms with Crippen molar-refractivity contribution < 1.29 is 14.0 Å². The molecule has 0 aliphatic carbocycles. The molecule has 0 saturated heterocycles. The van der Waals surface area contributed by atoms with Gasteiger partial charge < -0.3 is 10.6 Å². The van der Waals surface area contributed by atoms with Gasteiger partial charge in [-0.25, -0.2) is 4.39 Å². The lowest BCUT2D eigenvalue weighted by atomic mass is 9.90. The van der Waals surface area contributed by atoms with E-state index in [2.05, 4.69) is 10.6 Å². The van der Waals surface area contributed by atoms with Crippen molar-refractivity contribution in [3.63, 3.8) is 0 Å². The van der Waals surface area contributed by atoms with Crippen molar-refractivity contribution in [2.45, 2.75) is 18.1 Å². The van der Waals surface area contributed by atoms with Gasteiger partial charge in [-0.05, 0) is 23.3 Å². The van der Waals surface area contributed by atoms with E-state index in [1.165, 1.54) is 6.07 Å². The van der Waals surface area contributed by atoms with Gasteiger partial charge in [-0.15, -0.1) is 0 Å². The number of carbonyl (C=O) groups excluding carboxylic acids is 2. The van der Waals surface area contributed by atoms with Crippen LogP contribution in [0.5, 0.6) is 0 Å². The summed E-state index contributed by atoms with van der Waals surface area (Å²) in [6, 6.07) is 14.1. The van der Waals surface area contributed by atoms with Gasteiger partial charge in [-0.2, -0.15) is 11.8 Å². The monoisotopic (exact) mass is 358 g/mol. The summed E-state index contributed by atoms with van der Waals surface area (Å²) in [7, 11) is 0. The third-order valence-electron chi connectivity index (χ3n) is 4.08. The quantitative estimate of drug-likeness (QED) is 0.779. The fraction of sp³-hybridized carbons (Fsp3) is 0.263. The first-order valence-corrected chi connectivity index (χ1v) is 9.28. The molecule has 0 saturated carbocycles. The van der Waals surface area contributed by atoms with Crippen LogP contribution in [-0.2, 0) is 15.3 Å². The molecule has 0 fully saturated rings. The lowest BCUT2D eigenvalue weighted by Crippen LogP contribution is -2.36. The first kappa shape index (κ1) is 17.5. The average Bonchev–Trinajstić information content (AvgIpc) is 2.62. The summed E-state index contributed by atoms with van der Waals surface area (Å²) < 4.78 is 13.5. The Kier molecular flexibility index (Phi) is 5.71. The Bertz CT molecular complexity index is 782. The third kappa shape index (κ3) is 4.39. The van der Waals surface area contributed by atoms with Crippen molar-refractivity contribution in [3.05, 3.63) is 65.5 Å². The van der Waals surface area contributed by atoms with E-state index in [0.717, 1.165) is 5.56 Å². The number of amides is 2. The predicted octanol–water partition coefficient (Wildman–Crippen LogP) is 3.30. The third-order valence-corrected chi connectivity index (χ3v) is 5.09. The van der Waals surface area contributed by atoms with Crippen LogP contribution in [-0.4, -0.2) is 24.1 Å². The van der Waals surface area contributed by atoms with E-state index in [0.29, 0.717) is 29.3 Å². The number of rotatable bonds is 6. The van der Waals surface area contributed by atoms with Gasteiger partial charge in [0, 0.05) is 30.2 Å². The van der Waals surface area contributed by atoms with Gasteiger partial charge in [0.2, 0.25) is 11.8 Å². The number of benzene rings is 2. The van der Waals surface area contributed by atoms with E-state index < -0.39 is 5.92 Å². The second-order valence-corrected chi connectivity index (χ2v) is 6.93. The molecule has 1 atom stereocenters. The Morgan fingerprint density at radius 2 is 1.96 bits per heavy atom. The number of anilines is 1. The molecule has 2 N–H and O–H groups in total. The topological polar surface area (TPSA) is 58.2 Å². The molecule has 0 radical (unpaired) electrons. The summed E-state index contributed by atoms with van der Waals surface area (Å²) in [6.45, 7) is 0.484. The summed E-state index contributed by atoms with van der Waals surface area (Å²) in [5.74, 6) is 0.296. The zero-order valence-corrected chi connectivity index (χ0v) is 14.4. The summed E-state index contributed by atoms with van der Waals surface area (Å²) in [5.41, 5.74) is 2.21. The molecule has 0 bridgehead atoms. The van der Waals surface area contributed by atoms with Gasteiger partial charge in [0.15, 0.2) is 0 Å². The highest BCUT2D eigenvalue weighted by molar-refractivity contribution is 7.98. The van der Waals surface area contributed by atoms with E-state index in [1.807, 2.05) is 24.3 Å². The lowest BCUT2D eigenvalue weighted by Gasteiger charge is -2.24. The van der Waals surface area contributed by atoms with Gasteiger partial charge in [-0.3, -0.25) is 9.59 Å². The minimum absolute atomic E-state index is 0.145. The van der Waals surface area contributed by atoms with Gasteiger partial charge >= 0.3 is 0 Å². The van der Waals surface area contributed by atoms with Crippen LogP contribution >= 0.6 is 11.8 Å². The standard InChI is InChI=1S/C19H19FN2O2S/c20-16-7-3-1-5-13(16)12-25-10-9-21-19(24)15-11-18(23)22-17-8-4-2-6-14(15)17/h1-8,15H,9-12H2,(H,21,24)(H,22,23). The van der Waals surface area contributed by atoms with Crippen LogP contribution in [0.4, 0.5) is 10.1 Å². The minimum Gasteiger partial charge on any atom is -0.355 e. The number of hydrogen-bond donors (Lipinski definition) is 2. The summed E-state index contributed by atoms with van der Waals surface area (Å²) >= 11 is 1.56. The van der Waals surface area contributed by atoms with Crippen LogP contribution in [0.25, 0.3) is 0 Å². The van der Waals surface area contributed by atoms with Gasteiger partial charge in [0.05, 0.1) is 5.92 Å². The van der Waals surface area contributed by atoms with Crippen LogP contribution < -0.4 is 10.6 Å². The van der Waals surface area contributed by atoms with Crippen LogP contribution in [0.2, 0.25) is 0 Å². The molecule has 0 spiro atoms. The molecule has 2 amide bonds. The maximum atomic E-state index is 13.5. The first-order valence-electron chi connectivity index (χ1n) is 8.13. The molecule has 1 unspecified atom stereocenters. The van der Waals surface area contributed by atoms with Crippen molar-refractivity contribution in [2.24, 2.45) is 0 Å². The van der Waals surface area contributed by atoms with Crippen LogP contribution in [0.3, 0.4) is 0 Å². The van der Waals surface area contributed by atoms with Crippen molar-refractivity contribution in [3.8, 4) is 0 Å². The highest BCUT2D eigenvalue weighted by atomic mass is 32.2. The molecule has 2 aromatic carbocycles. The van der Waals surface area contributed by atoms with Crippen molar-refractivity contribution >= 4 is 29.3 Å². The van der Waals surface area contributed by atoms with E-state index in [-0.39, 0.29) is 24.1 Å². The zero-order chi connectivity index (χ0) is 17.6. The van der Waals surface area contributed by atoms with Crippen molar-refractivity contribution in [1.29, 1.82) is 0 Å². The number of hydrogen-bond acceptors (Lipinski definition) is 3. The largest absolute Gasteiger partial charge is 0.355 e. The molecule has 6 heteroatoms. The maximum absolute atomic E-state index is 13.5. The van der Waals surface area contributed by atoms with Crippen molar-refractivity contribution in [1.82, 2.24) is 5.32 Å². The van der Waals surface area contributed by atoms with E-state index in [4.69, 9.17) is 0 Å². The van der Waals surface area contributed by atoms with Crippen LogP contribution in [0.15, 0.2) is 48.5 Å². The Morgan fingerprint density at radius 3 is 2.80 bits per heavy atom. The maximum Gasteiger partial charge on any atom is 0.228 e. The molecule has 1 aliphatic rings. The highest BCUT2D eigenvalue weighted by Crippen LogP contribution is 2.31. The lowest BCUT2D eigenvalue weighted by molar-refractivity contribution is -0.126. The second kappa shape index (κ2) is 8.16. The normalized spacial score (nSPS) is 16.0. The van der Waals surface area contributed by atoms with E-state index >= 15 is 0 Å². The molecule has 2 aromatic rings. The van der Waals surface area contributed by atoms with E-state index in [9.17, 15) is 14.0 Å². The number of fused-ring (bicyclic) bond motifs is 1. The Morgan fingerprint density at radius 1 is 1.20 bits per heavy atom. The molecule has 4 nitrogen and oxygen atoms in total. The molecule has 1 heterocycles. The summed E-state index contributed by atoms with van der Waals surface area (Å²) in [6.07, 6.45) is 0.158. The number of carbonyl (C=O) groups is 2.